The van der Waals surface area contributed by atoms with Crippen molar-refractivity contribution < 1.29 is 41.8 Å². The lowest BCUT2D eigenvalue weighted by atomic mass is 10.1. The number of amides is 4. The predicted octanol–water partition coefficient (Wildman–Crippen LogP) is 3.11. The SMILES string of the molecule is COc1cc(C(=O)N[C@]2(C(F)(F)F)NC(=O)N(c3cccc(Cl)c3)C2=O)cc(OC)c1OC. The zero-order valence-electron chi connectivity index (χ0n) is 17.4. The van der Waals surface area contributed by atoms with Gasteiger partial charge in [-0.1, -0.05) is 17.7 Å². The summed E-state index contributed by atoms with van der Waals surface area (Å²) in [5.74, 6) is -3.02. The largest absolute Gasteiger partial charge is 0.493 e. The molecule has 3 rings (SSSR count). The summed E-state index contributed by atoms with van der Waals surface area (Å²) < 4.78 is 57.7. The fraction of sp³-hybridized carbons (Fsp3) is 0.250. The molecule has 0 saturated carbocycles. The standard InChI is InChI=1S/C20H17ClF3N3O6/c1-31-13-7-10(8-14(32-2)15(13)33-3)16(28)25-19(20(22,23)24)17(29)27(18(30)26-19)12-6-4-5-11(21)9-12/h4-9H,1-3H3,(H,25,28)(H,26,30)/t19-/m0/s1. The van der Waals surface area contributed by atoms with Crippen molar-refractivity contribution in [3.63, 3.8) is 0 Å². The highest BCUT2D eigenvalue weighted by molar-refractivity contribution is 6.31. The third kappa shape index (κ3) is 4.09. The van der Waals surface area contributed by atoms with Crippen LogP contribution in [0.4, 0.5) is 23.7 Å². The van der Waals surface area contributed by atoms with Crippen LogP contribution in [0.1, 0.15) is 10.4 Å². The predicted molar refractivity (Wildman–Crippen MR) is 110 cm³/mol. The van der Waals surface area contributed by atoms with Crippen LogP contribution in [-0.2, 0) is 4.79 Å². The molecule has 1 aliphatic rings. The molecule has 2 N–H and O–H groups in total. The number of nitrogens with zero attached hydrogens (tertiary/aromatic N) is 1. The summed E-state index contributed by atoms with van der Waals surface area (Å²) in [6.45, 7) is 0. The van der Waals surface area contributed by atoms with Crippen molar-refractivity contribution >= 4 is 35.1 Å². The van der Waals surface area contributed by atoms with Gasteiger partial charge in [0.2, 0.25) is 5.75 Å². The Morgan fingerprint density at radius 1 is 1.06 bits per heavy atom. The second-order valence-electron chi connectivity index (χ2n) is 6.67. The minimum Gasteiger partial charge on any atom is -0.493 e. The zero-order valence-corrected chi connectivity index (χ0v) is 18.1. The minimum atomic E-state index is -5.40. The first kappa shape index (κ1) is 24.0. The quantitative estimate of drug-likeness (QED) is 0.606. The average Bonchev–Trinajstić information content (AvgIpc) is 3.02. The Morgan fingerprint density at radius 3 is 2.15 bits per heavy atom. The highest BCUT2D eigenvalue weighted by Crippen LogP contribution is 2.40. The normalized spacial score (nSPS) is 18.1. The first-order valence-electron chi connectivity index (χ1n) is 9.10. The summed E-state index contributed by atoms with van der Waals surface area (Å²) in [4.78, 5) is 38.4. The molecule has 0 aromatic heterocycles. The molecule has 1 aliphatic heterocycles. The van der Waals surface area contributed by atoms with Gasteiger partial charge in [0.15, 0.2) is 11.5 Å². The van der Waals surface area contributed by atoms with E-state index in [0.29, 0.717) is 0 Å². The van der Waals surface area contributed by atoms with Crippen LogP contribution in [0.25, 0.3) is 0 Å². The number of carbonyl (C=O) groups is 3. The summed E-state index contributed by atoms with van der Waals surface area (Å²) in [6.07, 6.45) is -5.40. The molecule has 1 fully saturated rings. The van der Waals surface area contributed by atoms with E-state index in [2.05, 4.69) is 0 Å². The number of imide groups is 1. The van der Waals surface area contributed by atoms with Gasteiger partial charge in [0, 0.05) is 10.6 Å². The Bertz CT molecular complexity index is 1100. The molecule has 176 valence electrons. The molecule has 0 aliphatic carbocycles. The first-order valence-corrected chi connectivity index (χ1v) is 9.48. The van der Waals surface area contributed by atoms with E-state index in [-0.39, 0.29) is 38.4 Å². The van der Waals surface area contributed by atoms with Crippen molar-refractivity contribution in [3.8, 4) is 17.2 Å². The third-order valence-electron chi connectivity index (χ3n) is 4.74. The van der Waals surface area contributed by atoms with Crippen molar-refractivity contribution in [1.29, 1.82) is 0 Å². The van der Waals surface area contributed by atoms with Gasteiger partial charge < -0.3 is 19.5 Å². The fourth-order valence-electron chi connectivity index (χ4n) is 3.18. The Balaban J connectivity index is 2.04. The lowest BCUT2D eigenvalue weighted by Gasteiger charge is -2.30. The van der Waals surface area contributed by atoms with Crippen LogP contribution in [0.3, 0.4) is 0 Å². The number of urea groups is 1. The fourth-order valence-corrected chi connectivity index (χ4v) is 3.37. The van der Waals surface area contributed by atoms with Crippen LogP contribution in [0.2, 0.25) is 5.02 Å². The van der Waals surface area contributed by atoms with E-state index in [4.69, 9.17) is 25.8 Å². The maximum Gasteiger partial charge on any atom is 0.440 e. The molecule has 0 spiro atoms. The summed E-state index contributed by atoms with van der Waals surface area (Å²) in [6, 6.07) is 5.90. The van der Waals surface area contributed by atoms with Gasteiger partial charge >= 0.3 is 12.2 Å². The molecule has 2 aromatic carbocycles. The van der Waals surface area contributed by atoms with Crippen LogP contribution in [0.5, 0.6) is 17.2 Å². The van der Waals surface area contributed by atoms with Crippen LogP contribution < -0.4 is 29.7 Å². The molecular formula is C20H17ClF3N3O6. The van der Waals surface area contributed by atoms with Gasteiger partial charge in [-0.25, -0.2) is 9.69 Å². The number of carbonyl (C=O) groups excluding carboxylic acids is 3. The molecule has 2 aromatic rings. The number of benzene rings is 2. The Hall–Kier alpha value is -3.67. The van der Waals surface area contributed by atoms with Gasteiger partial charge in [0.1, 0.15) is 0 Å². The number of rotatable bonds is 6. The molecule has 0 unspecified atom stereocenters. The molecular weight excluding hydrogens is 471 g/mol. The second-order valence-corrected chi connectivity index (χ2v) is 7.10. The Kier molecular flexibility index (Phi) is 6.32. The molecule has 9 nitrogen and oxygen atoms in total. The maximum atomic E-state index is 14.1. The number of halogens is 4. The number of alkyl halides is 3. The number of anilines is 1. The van der Waals surface area contributed by atoms with Crippen LogP contribution in [-0.4, -0.2) is 51.0 Å². The molecule has 0 radical (unpaired) electrons. The van der Waals surface area contributed by atoms with Crippen molar-refractivity contribution in [3.05, 3.63) is 47.0 Å². The van der Waals surface area contributed by atoms with E-state index in [1.54, 1.807) is 10.6 Å². The van der Waals surface area contributed by atoms with Crippen molar-refractivity contribution in [1.82, 2.24) is 10.6 Å². The summed E-state index contributed by atoms with van der Waals surface area (Å²) in [7, 11) is 3.80. The van der Waals surface area contributed by atoms with Gasteiger partial charge in [-0.05, 0) is 30.3 Å². The first-order chi connectivity index (χ1) is 15.5. The molecule has 13 heteroatoms. The summed E-state index contributed by atoms with van der Waals surface area (Å²) >= 11 is 5.83. The second kappa shape index (κ2) is 8.70. The van der Waals surface area contributed by atoms with E-state index in [0.717, 1.165) is 18.2 Å². The maximum absolute atomic E-state index is 14.1. The molecule has 0 bridgehead atoms. The lowest BCUT2D eigenvalue weighted by Crippen LogP contribution is -2.69. The van der Waals surface area contributed by atoms with Crippen LogP contribution >= 0.6 is 11.6 Å². The van der Waals surface area contributed by atoms with E-state index in [1.807, 2.05) is 0 Å². The number of methoxy groups -OCH3 is 3. The van der Waals surface area contributed by atoms with E-state index < -0.39 is 29.7 Å². The topological polar surface area (TPSA) is 106 Å². The number of nitrogens with one attached hydrogen (secondary N) is 2. The highest BCUT2D eigenvalue weighted by atomic mass is 35.5. The molecule has 33 heavy (non-hydrogen) atoms. The monoisotopic (exact) mass is 487 g/mol. The van der Waals surface area contributed by atoms with E-state index in [1.165, 1.54) is 39.5 Å². The van der Waals surface area contributed by atoms with E-state index in [9.17, 15) is 27.6 Å². The molecule has 1 saturated heterocycles. The van der Waals surface area contributed by atoms with Gasteiger partial charge in [-0.15, -0.1) is 0 Å². The van der Waals surface area contributed by atoms with Crippen molar-refractivity contribution in [2.24, 2.45) is 0 Å². The lowest BCUT2D eigenvalue weighted by molar-refractivity contribution is -0.197. The number of hydrogen-bond donors (Lipinski definition) is 2. The number of hydrogen-bond acceptors (Lipinski definition) is 6. The summed E-state index contributed by atoms with van der Waals surface area (Å²) in [5.41, 5.74) is -4.29. The smallest absolute Gasteiger partial charge is 0.440 e. The van der Waals surface area contributed by atoms with Gasteiger partial charge in [0.25, 0.3) is 17.5 Å². The average molecular weight is 488 g/mol. The Labute approximate surface area is 190 Å². The third-order valence-corrected chi connectivity index (χ3v) is 4.98. The summed E-state index contributed by atoms with van der Waals surface area (Å²) in [5, 5.41) is 3.25. The van der Waals surface area contributed by atoms with Crippen molar-refractivity contribution in [2.45, 2.75) is 11.8 Å². The number of ether oxygens (including phenoxy) is 3. The van der Waals surface area contributed by atoms with Gasteiger partial charge in [0.05, 0.1) is 27.0 Å². The van der Waals surface area contributed by atoms with Gasteiger partial charge in [-0.3, -0.25) is 14.9 Å². The van der Waals surface area contributed by atoms with Gasteiger partial charge in [-0.2, -0.15) is 13.2 Å². The molecule has 1 atom stereocenters. The molecule has 1 heterocycles. The van der Waals surface area contributed by atoms with Crippen LogP contribution in [0, 0.1) is 0 Å². The van der Waals surface area contributed by atoms with E-state index >= 15 is 0 Å². The molecule has 4 amide bonds. The van der Waals surface area contributed by atoms with Crippen LogP contribution in [0.15, 0.2) is 36.4 Å². The minimum absolute atomic E-state index is 0.00889. The Morgan fingerprint density at radius 2 is 1.67 bits per heavy atom. The van der Waals surface area contributed by atoms with Crippen molar-refractivity contribution in [2.75, 3.05) is 26.2 Å². The highest BCUT2D eigenvalue weighted by Gasteiger charge is 2.69. The zero-order chi connectivity index (χ0) is 24.6.